The molecule has 2 fully saturated rings. The standard InChI is InChI=1S/C25H46O3.C2H6/c1-4-6-7-8-9-10-11-12-13-14-15-16-17-28-24(26)22-18-21-19-25(21,3)20-23(22)27-5-2;1-2/h21-23H,4-20H2,1-3H3;1-2H3. The van der Waals surface area contributed by atoms with Crippen molar-refractivity contribution < 1.29 is 14.3 Å². The largest absolute Gasteiger partial charge is 0.465 e. The Morgan fingerprint density at radius 3 is 1.90 bits per heavy atom. The number of ether oxygens (including phenoxy) is 2. The normalized spacial score (nSPS) is 27.0. The number of unbranched alkanes of at least 4 members (excludes halogenated alkanes) is 11. The summed E-state index contributed by atoms with van der Waals surface area (Å²) in [5.41, 5.74) is 0.437. The third kappa shape index (κ3) is 10.2. The van der Waals surface area contributed by atoms with Crippen LogP contribution in [0.1, 0.15) is 131 Å². The molecule has 4 atom stereocenters. The van der Waals surface area contributed by atoms with Crippen molar-refractivity contribution >= 4 is 5.97 Å². The molecule has 0 N–H and O–H groups in total. The van der Waals surface area contributed by atoms with Gasteiger partial charge >= 0.3 is 5.97 Å². The van der Waals surface area contributed by atoms with Crippen LogP contribution in [0.5, 0.6) is 0 Å². The summed E-state index contributed by atoms with van der Waals surface area (Å²) in [5.74, 6) is 0.682. The number of fused-ring (bicyclic) bond motifs is 1. The van der Waals surface area contributed by atoms with Gasteiger partial charge in [0.25, 0.3) is 0 Å². The molecule has 3 heteroatoms. The second kappa shape index (κ2) is 16.1. The second-order valence-electron chi connectivity index (χ2n) is 9.65. The Kier molecular flexibility index (Phi) is 14.8. The molecule has 0 saturated heterocycles. The van der Waals surface area contributed by atoms with E-state index in [2.05, 4.69) is 13.8 Å². The van der Waals surface area contributed by atoms with Gasteiger partial charge in [-0.1, -0.05) is 98.3 Å². The maximum Gasteiger partial charge on any atom is 0.311 e. The molecule has 2 saturated carbocycles. The van der Waals surface area contributed by atoms with Crippen LogP contribution < -0.4 is 0 Å². The van der Waals surface area contributed by atoms with Gasteiger partial charge in [-0.2, -0.15) is 0 Å². The highest BCUT2D eigenvalue weighted by Gasteiger charge is 2.58. The fourth-order valence-electron chi connectivity index (χ4n) is 5.04. The summed E-state index contributed by atoms with van der Waals surface area (Å²) in [4.78, 5) is 12.6. The average Bonchev–Trinajstić information content (AvgIpc) is 3.42. The minimum atomic E-state index is -0.0298. The third-order valence-electron chi connectivity index (χ3n) is 7.12. The number of carbonyl (C=O) groups is 1. The number of rotatable bonds is 16. The second-order valence-corrected chi connectivity index (χ2v) is 9.65. The van der Waals surface area contributed by atoms with Crippen molar-refractivity contribution in [3.05, 3.63) is 0 Å². The molecule has 0 heterocycles. The molecular formula is C27H52O3. The van der Waals surface area contributed by atoms with E-state index in [-0.39, 0.29) is 18.0 Å². The maximum absolute atomic E-state index is 12.6. The summed E-state index contributed by atoms with van der Waals surface area (Å²) in [6.07, 6.45) is 19.3. The molecule has 0 spiro atoms. The van der Waals surface area contributed by atoms with E-state index in [1.165, 1.54) is 77.0 Å². The Labute approximate surface area is 188 Å². The molecule has 0 amide bonds. The molecular weight excluding hydrogens is 372 g/mol. The van der Waals surface area contributed by atoms with Gasteiger partial charge in [-0.05, 0) is 43.9 Å². The number of hydrogen-bond acceptors (Lipinski definition) is 3. The van der Waals surface area contributed by atoms with Crippen molar-refractivity contribution in [2.24, 2.45) is 17.3 Å². The van der Waals surface area contributed by atoms with E-state index in [4.69, 9.17) is 9.47 Å². The molecule has 0 radical (unpaired) electrons. The minimum Gasteiger partial charge on any atom is -0.465 e. The molecule has 0 aliphatic heterocycles. The summed E-state index contributed by atoms with van der Waals surface area (Å²) in [6, 6.07) is 0. The van der Waals surface area contributed by atoms with E-state index < -0.39 is 0 Å². The summed E-state index contributed by atoms with van der Waals surface area (Å²) in [5, 5.41) is 0. The van der Waals surface area contributed by atoms with Crippen molar-refractivity contribution in [3.63, 3.8) is 0 Å². The molecule has 3 nitrogen and oxygen atoms in total. The van der Waals surface area contributed by atoms with Crippen LogP contribution in [0.25, 0.3) is 0 Å². The highest BCUT2D eigenvalue weighted by Crippen LogP contribution is 2.62. The van der Waals surface area contributed by atoms with Gasteiger partial charge in [0.1, 0.15) is 0 Å². The van der Waals surface area contributed by atoms with Crippen LogP contribution in [0.15, 0.2) is 0 Å². The molecule has 2 aliphatic carbocycles. The number of hydrogen-bond donors (Lipinski definition) is 0. The van der Waals surface area contributed by atoms with Crippen molar-refractivity contribution in [2.45, 2.75) is 137 Å². The van der Waals surface area contributed by atoms with Crippen LogP contribution in [0.2, 0.25) is 0 Å². The van der Waals surface area contributed by atoms with Crippen molar-refractivity contribution in [2.75, 3.05) is 13.2 Å². The van der Waals surface area contributed by atoms with Crippen molar-refractivity contribution in [3.8, 4) is 0 Å². The zero-order valence-electron chi connectivity index (χ0n) is 21.0. The van der Waals surface area contributed by atoms with Gasteiger partial charge in [-0.3, -0.25) is 4.79 Å². The fourth-order valence-corrected chi connectivity index (χ4v) is 5.04. The summed E-state index contributed by atoms with van der Waals surface area (Å²) >= 11 is 0. The van der Waals surface area contributed by atoms with Crippen LogP contribution >= 0.6 is 0 Å². The average molecular weight is 425 g/mol. The SMILES string of the molecule is CC.CCCCCCCCCCCCCCOC(=O)C1CC2CC2(C)CC1OCC. The summed E-state index contributed by atoms with van der Waals surface area (Å²) < 4.78 is 11.5. The minimum absolute atomic E-state index is 0.00419. The van der Waals surface area contributed by atoms with Gasteiger partial charge in [0.05, 0.1) is 18.6 Å². The number of carbonyl (C=O) groups excluding carboxylic acids is 1. The zero-order chi connectivity index (χ0) is 22.2. The highest BCUT2D eigenvalue weighted by molar-refractivity contribution is 5.73. The lowest BCUT2D eigenvalue weighted by Gasteiger charge is -2.32. The molecule has 2 aliphatic rings. The Morgan fingerprint density at radius 2 is 1.37 bits per heavy atom. The Balaban J connectivity index is 0.00000218. The quantitative estimate of drug-likeness (QED) is 0.185. The first-order valence-corrected chi connectivity index (χ1v) is 13.4. The lowest BCUT2D eigenvalue weighted by Crippen LogP contribution is -2.38. The smallest absolute Gasteiger partial charge is 0.311 e. The van der Waals surface area contributed by atoms with Gasteiger partial charge in [0.2, 0.25) is 0 Å². The third-order valence-corrected chi connectivity index (χ3v) is 7.12. The summed E-state index contributed by atoms with van der Waals surface area (Å²) in [7, 11) is 0. The van der Waals surface area contributed by atoms with Crippen LogP contribution in [-0.2, 0) is 14.3 Å². The summed E-state index contributed by atoms with van der Waals surface area (Å²) in [6.45, 7) is 11.9. The molecule has 30 heavy (non-hydrogen) atoms. The van der Waals surface area contributed by atoms with E-state index in [9.17, 15) is 4.79 Å². The van der Waals surface area contributed by atoms with Gasteiger partial charge in [-0.25, -0.2) is 0 Å². The molecule has 0 aromatic heterocycles. The molecule has 178 valence electrons. The van der Waals surface area contributed by atoms with Gasteiger partial charge in [-0.15, -0.1) is 0 Å². The van der Waals surface area contributed by atoms with Gasteiger partial charge in [0.15, 0.2) is 0 Å². The highest BCUT2D eigenvalue weighted by atomic mass is 16.5. The van der Waals surface area contributed by atoms with E-state index in [1.54, 1.807) is 0 Å². The molecule has 4 unspecified atom stereocenters. The monoisotopic (exact) mass is 424 g/mol. The maximum atomic E-state index is 12.6. The lowest BCUT2D eigenvalue weighted by atomic mass is 9.80. The van der Waals surface area contributed by atoms with Crippen LogP contribution in [0, 0.1) is 17.3 Å². The van der Waals surface area contributed by atoms with Gasteiger partial charge < -0.3 is 9.47 Å². The predicted octanol–water partition coefficient (Wildman–Crippen LogP) is 8.10. The van der Waals surface area contributed by atoms with Gasteiger partial charge in [0, 0.05) is 6.61 Å². The molecule has 2 rings (SSSR count). The van der Waals surface area contributed by atoms with E-state index in [0.29, 0.717) is 24.5 Å². The predicted molar refractivity (Wildman–Crippen MR) is 128 cm³/mol. The topological polar surface area (TPSA) is 35.5 Å². The Hall–Kier alpha value is -0.570. The number of esters is 1. The van der Waals surface area contributed by atoms with Crippen LogP contribution in [0.4, 0.5) is 0 Å². The lowest BCUT2D eigenvalue weighted by molar-refractivity contribution is -0.157. The van der Waals surface area contributed by atoms with Crippen molar-refractivity contribution in [1.29, 1.82) is 0 Å². The van der Waals surface area contributed by atoms with E-state index in [0.717, 1.165) is 19.3 Å². The Bertz CT molecular complexity index is 436. The molecule has 0 aromatic carbocycles. The van der Waals surface area contributed by atoms with Crippen LogP contribution in [0.3, 0.4) is 0 Å². The van der Waals surface area contributed by atoms with E-state index in [1.807, 2.05) is 20.8 Å². The van der Waals surface area contributed by atoms with Crippen molar-refractivity contribution in [1.82, 2.24) is 0 Å². The zero-order valence-corrected chi connectivity index (χ0v) is 21.0. The first-order valence-electron chi connectivity index (χ1n) is 13.4. The van der Waals surface area contributed by atoms with Crippen LogP contribution in [-0.4, -0.2) is 25.3 Å². The van der Waals surface area contributed by atoms with E-state index >= 15 is 0 Å². The molecule has 0 aromatic rings. The molecule has 0 bridgehead atoms. The Morgan fingerprint density at radius 1 is 0.833 bits per heavy atom. The fraction of sp³-hybridized carbons (Fsp3) is 0.963. The first-order chi connectivity index (χ1) is 14.6. The first kappa shape index (κ1) is 27.5.